The number of aromatic nitrogens is 6. The summed E-state index contributed by atoms with van der Waals surface area (Å²) < 4.78 is 30.5. The zero-order valence-corrected chi connectivity index (χ0v) is 31.5. The number of nitrogens with two attached hydrogens (primary N) is 2. The van der Waals surface area contributed by atoms with Crippen molar-refractivity contribution in [2.24, 2.45) is 0 Å². The summed E-state index contributed by atoms with van der Waals surface area (Å²) in [5, 5.41) is 44.6. The summed E-state index contributed by atoms with van der Waals surface area (Å²) in [6.07, 6.45) is 2.94. The van der Waals surface area contributed by atoms with E-state index in [0.717, 1.165) is 28.1 Å². The zero-order chi connectivity index (χ0) is 42.2. The van der Waals surface area contributed by atoms with Gasteiger partial charge in [-0.1, -0.05) is 12.1 Å². The molecular formula is C42H30F2N14O2. The van der Waals surface area contributed by atoms with Gasteiger partial charge in [0.1, 0.15) is 23.5 Å². The summed E-state index contributed by atoms with van der Waals surface area (Å²) in [7, 11) is 0. The van der Waals surface area contributed by atoms with Gasteiger partial charge in [-0.15, -0.1) is 0 Å². The molecule has 294 valence electrons. The Kier molecular flexibility index (Phi) is 9.63. The van der Waals surface area contributed by atoms with Crippen LogP contribution in [0, 0.1) is 48.1 Å². The van der Waals surface area contributed by atoms with E-state index in [-0.39, 0.29) is 39.8 Å². The smallest absolute Gasteiger partial charge is 0.324 e. The van der Waals surface area contributed by atoms with E-state index in [1.807, 2.05) is 30.3 Å². The molecule has 4 amide bonds. The molecule has 0 fully saturated rings. The van der Waals surface area contributed by atoms with Gasteiger partial charge in [0.2, 0.25) is 0 Å². The number of aromatic amines is 2. The summed E-state index contributed by atoms with van der Waals surface area (Å²) in [4.78, 5) is 34.7. The van der Waals surface area contributed by atoms with Crippen molar-refractivity contribution in [2.75, 3.05) is 32.7 Å². The van der Waals surface area contributed by atoms with Gasteiger partial charge in [-0.2, -0.15) is 20.7 Å². The average molecular weight is 801 g/mol. The molecule has 0 saturated carbocycles. The maximum absolute atomic E-state index is 16.0. The molecule has 60 heavy (non-hydrogen) atoms. The van der Waals surface area contributed by atoms with Gasteiger partial charge in [-0.25, -0.2) is 23.4 Å². The van der Waals surface area contributed by atoms with Crippen LogP contribution in [0.25, 0.3) is 55.3 Å². The highest BCUT2D eigenvalue weighted by Gasteiger charge is 2.22. The van der Waals surface area contributed by atoms with E-state index in [9.17, 15) is 19.2 Å². The Morgan fingerprint density at radius 3 is 2.15 bits per heavy atom. The first kappa shape index (κ1) is 38.0. The zero-order valence-electron chi connectivity index (χ0n) is 31.5. The van der Waals surface area contributed by atoms with Crippen LogP contribution in [0.5, 0.6) is 0 Å². The van der Waals surface area contributed by atoms with Crippen LogP contribution >= 0.6 is 0 Å². The summed E-state index contributed by atoms with van der Waals surface area (Å²) >= 11 is 0. The van der Waals surface area contributed by atoms with Crippen LogP contribution in [0.2, 0.25) is 0 Å². The third kappa shape index (κ3) is 7.03. The number of urea groups is 2. The highest BCUT2D eigenvalue weighted by atomic mass is 19.1. The monoisotopic (exact) mass is 800 g/mol. The molecule has 8 aromatic rings. The Morgan fingerprint density at radius 1 is 0.700 bits per heavy atom. The molecule has 0 spiro atoms. The summed E-state index contributed by atoms with van der Waals surface area (Å²) in [6.45, 7) is 3.25. The van der Waals surface area contributed by atoms with Crippen molar-refractivity contribution in [3.8, 4) is 45.6 Å². The lowest BCUT2D eigenvalue weighted by molar-refractivity contribution is 0.261. The van der Waals surface area contributed by atoms with Gasteiger partial charge in [-0.3, -0.25) is 20.5 Å². The minimum atomic E-state index is -0.870. The number of nitrogen functional groups attached to an aromatic ring is 2. The largest absolute Gasteiger partial charge is 0.382 e. The average Bonchev–Trinajstić information content (AvgIpc) is 3.82. The normalized spacial score (nSPS) is 10.9. The van der Waals surface area contributed by atoms with Crippen molar-refractivity contribution in [2.45, 2.75) is 13.8 Å². The fraction of sp³-hybridized carbons (Fsp3) is 0.0476. The molecule has 10 N–H and O–H groups in total. The van der Waals surface area contributed by atoms with E-state index >= 15 is 4.39 Å². The number of hydrogen-bond acceptors (Lipinski definition) is 10. The van der Waals surface area contributed by atoms with Gasteiger partial charge >= 0.3 is 12.1 Å². The molecule has 4 aromatic carbocycles. The van der Waals surface area contributed by atoms with Crippen LogP contribution in [0.15, 0.2) is 85.2 Å². The van der Waals surface area contributed by atoms with E-state index in [2.05, 4.69) is 51.6 Å². The maximum atomic E-state index is 16.0. The summed E-state index contributed by atoms with van der Waals surface area (Å²) in [5.41, 5.74) is 17.6. The fourth-order valence-corrected chi connectivity index (χ4v) is 6.89. The number of carbonyl (C=O) groups excluding carboxylic acids is 2. The van der Waals surface area contributed by atoms with Gasteiger partial charge in [0.25, 0.3) is 0 Å². The molecule has 4 heterocycles. The lowest BCUT2D eigenvalue weighted by Crippen LogP contribution is -2.21. The first-order valence-electron chi connectivity index (χ1n) is 17.9. The number of nitriles is 2. The van der Waals surface area contributed by atoms with Gasteiger partial charge in [0.15, 0.2) is 11.6 Å². The molecule has 0 radical (unpaired) electrons. The van der Waals surface area contributed by atoms with Crippen LogP contribution in [-0.4, -0.2) is 42.4 Å². The minimum Gasteiger partial charge on any atom is -0.382 e. The molecule has 0 unspecified atom stereocenters. The molecule has 0 aliphatic heterocycles. The molecule has 8 rings (SSSR count). The van der Waals surface area contributed by atoms with Crippen LogP contribution in [0.4, 0.5) is 52.9 Å². The Labute approximate surface area is 338 Å². The van der Waals surface area contributed by atoms with Crippen molar-refractivity contribution in [3.05, 3.63) is 119 Å². The molecule has 0 aliphatic rings. The predicted molar refractivity (Wildman–Crippen MR) is 223 cm³/mol. The lowest BCUT2D eigenvalue weighted by atomic mass is 9.92. The number of carbonyl (C=O) groups is 2. The lowest BCUT2D eigenvalue weighted by Gasteiger charge is -2.16. The van der Waals surface area contributed by atoms with Crippen molar-refractivity contribution < 1.29 is 18.4 Å². The van der Waals surface area contributed by atoms with Gasteiger partial charge in [0, 0.05) is 17.3 Å². The standard InChI is InChI=1S/C42H30F2N14O2/c1-19-10-33(29(43)12-23(19)15-45)52-41(59)51-24-7-8-31(49-18-24)27-11-22(13-34-37(27)40(48)58-56-34)26-14-30(44)38(28(16-46)20(26)2)54-42(60)53-35-9-6-21(17-50-35)25-4-3-5-32-36(25)39(47)57-55-32/h3-14,17-18H,1-2H3,(H3,47,55,57)(H3,48,56,58)(H2,51,52,59)(H2,50,53,54,60). The Bertz CT molecular complexity index is 3130. The van der Waals surface area contributed by atoms with E-state index in [0.29, 0.717) is 50.2 Å². The number of fused-ring (bicyclic) bond motifs is 2. The van der Waals surface area contributed by atoms with Gasteiger partial charge in [0.05, 0.1) is 68.0 Å². The Hall–Kier alpha value is -8.90. The van der Waals surface area contributed by atoms with Crippen LogP contribution in [0.1, 0.15) is 22.3 Å². The molecule has 0 saturated heterocycles. The van der Waals surface area contributed by atoms with Crippen LogP contribution < -0.4 is 32.7 Å². The summed E-state index contributed by atoms with van der Waals surface area (Å²) in [6, 6.07) is 21.5. The highest BCUT2D eigenvalue weighted by Crippen LogP contribution is 2.39. The van der Waals surface area contributed by atoms with Crippen LogP contribution in [0.3, 0.4) is 0 Å². The number of nitrogens with one attached hydrogen (secondary N) is 6. The van der Waals surface area contributed by atoms with E-state index in [1.165, 1.54) is 18.3 Å². The van der Waals surface area contributed by atoms with Crippen LogP contribution in [-0.2, 0) is 0 Å². The first-order chi connectivity index (χ1) is 28.9. The SMILES string of the molecule is Cc1cc(NC(=O)Nc2ccc(-c3cc(-c4cc(F)c(NC(=O)Nc5ccc(-c6cccc7[nH]nc(N)c67)cn5)c(C#N)c4C)cc4[nH]nc(N)c34)nc2)c(F)cc1C#N. The molecular weight excluding hydrogens is 771 g/mol. The third-order valence-corrected chi connectivity index (χ3v) is 9.81. The quantitative estimate of drug-likeness (QED) is 0.0763. The summed E-state index contributed by atoms with van der Waals surface area (Å²) in [5.74, 6) is -0.956. The van der Waals surface area contributed by atoms with Crippen molar-refractivity contribution in [3.63, 3.8) is 0 Å². The maximum Gasteiger partial charge on any atom is 0.324 e. The molecule has 16 nitrogen and oxygen atoms in total. The number of benzene rings is 4. The van der Waals surface area contributed by atoms with E-state index in [4.69, 9.17) is 16.7 Å². The second kappa shape index (κ2) is 15.2. The number of pyridine rings is 2. The molecule has 0 aliphatic carbocycles. The number of anilines is 6. The highest BCUT2D eigenvalue weighted by molar-refractivity contribution is 6.06. The number of nitrogens with zero attached hydrogens (tertiary/aromatic N) is 6. The van der Waals surface area contributed by atoms with Crippen molar-refractivity contribution in [1.29, 1.82) is 10.5 Å². The van der Waals surface area contributed by atoms with Crippen molar-refractivity contribution in [1.82, 2.24) is 30.4 Å². The Morgan fingerprint density at radius 2 is 1.45 bits per heavy atom. The number of amides is 4. The number of hydrogen-bond donors (Lipinski definition) is 8. The minimum absolute atomic E-state index is 0.104. The van der Waals surface area contributed by atoms with Gasteiger partial charge < -0.3 is 27.4 Å². The number of aryl methyl sites for hydroxylation is 1. The number of H-pyrrole nitrogens is 2. The molecule has 0 bridgehead atoms. The topological polar surface area (TPSA) is 265 Å². The van der Waals surface area contributed by atoms with Crippen molar-refractivity contribution >= 4 is 68.4 Å². The third-order valence-electron chi connectivity index (χ3n) is 9.81. The number of halogens is 2. The van der Waals surface area contributed by atoms with Gasteiger partial charge in [-0.05, 0) is 102 Å². The second-order valence-corrected chi connectivity index (χ2v) is 13.6. The van der Waals surface area contributed by atoms with E-state index in [1.54, 1.807) is 56.4 Å². The molecule has 0 atom stereocenters. The fourth-order valence-electron chi connectivity index (χ4n) is 6.89. The second-order valence-electron chi connectivity index (χ2n) is 13.6. The predicted octanol–water partition coefficient (Wildman–Crippen LogP) is 8.32. The first-order valence-corrected chi connectivity index (χ1v) is 17.9. The van der Waals surface area contributed by atoms with E-state index < -0.39 is 23.7 Å². The molecule has 4 aromatic heterocycles. The molecule has 18 heteroatoms. The number of rotatable bonds is 7. The Balaban J connectivity index is 1.03.